The predicted octanol–water partition coefficient (Wildman–Crippen LogP) is 5.18. The van der Waals surface area contributed by atoms with Gasteiger partial charge in [-0.3, -0.25) is 14.5 Å². The van der Waals surface area contributed by atoms with Crippen molar-refractivity contribution in [2.45, 2.75) is 19.9 Å². The fourth-order valence-corrected chi connectivity index (χ4v) is 4.39. The third-order valence-electron chi connectivity index (χ3n) is 4.65. The number of thiazole rings is 1. The fraction of sp³-hybridized carbons (Fsp3) is 0.190. The van der Waals surface area contributed by atoms with Gasteiger partial charge >= 0.3 is 0 Å². The molecule has 2 amide bonds. The van der Waals surface area contributed by atoms with Crippen LogP contribution in [0.1, 0.15) is 11.9 Å². The molecule has 6 nitrogen and oxygen atoms in total. The normalized spacial score (nSPS) is 14.1. The van der Waals surface area contributed by atoms with Crippen molar-refractivity contribution in [1.29, 1.82) is 0 Å². The molecule has 1 aromatic heterocycles. The maximum atomic E-state index is 12.9. The number of aromatic nitrogens is 1. The van der Waals surface area contributed by atoms with Gasteiger partial charge < -0.3 is 10.1 Å². The van der Waals surface area contributed by atoms with Gasteiger partial charge in [0, 0.05) is 26.7 Å². The minimum Gasteiger partial charge on any atom is -0.482 e. The van der Waals surface area contributed by atoms with E-state index in [4.69, 9.17) is 27.9 Å². The van der Waals surface area contributed by atoms with Crippen molar-refractivity contribution >= 4 is 57.7 Å². The van der Waals surface area contributed by atoms with E-state index in [0.29, 0.717) is 27.2 Å². The van der Waals surface area contributed by atoms with Gasteiger partial charge in [0.2, 0.25) is 5.91 Å². The Morgan fingerprint density at radius 2 is 1.97 bits per heavy atom. The molecule has 2 heterocycles. The Bertz CT molecular complexity index is 1130. The highest BCUT2D eigenvalue weighted by Crippen LogP contribution is 2.37. The predicted molar refractivity (Wildman–Crippen MR) is 120 cm³/mol. The van der Waals surface area contributed by atoms with Crippen LogP contribution in [0.2, 0.25) is 10.0 Å². The first-order valence-electron chi connectivity index (χ1n) is 9.10. The first-order valence-corrected chi connectivity index (χ1v) is 10.7. The van der Waals surface area contributed by atoms with E-state index in [-0.39, 0.29) is 18.4 Å². The van der Waals surface area contributed by atoms with E-state index in [1.807, 2.05) is 24.4 Å². The van der Waals surface area contributed by atoms with Crippen LogP contribution in [0.4, 0.5) is 11.4 Å². The van der Waals surface area contributed by atoms with Crippen molar-refractivity contribution in [1.82, 2.24) is 4.98 Å². The van der Waals surface area contributed by atoms with Crippen LogP contribution in [0.5, 0.6) is 5.75 Å². The van der Waals surface area contributed by atoms with Crippen molar-refractivity contribution in [3.8, 4) is 17.0 Å². The number of halogens is 2. The van der Waals surface area contributed by atoms with Gasteiger partial charge in [0.15, 0.2) is 6.61 Å². The van der Waals surface area contributed by atoms with Gasteiger partial charge in [-0.1, -0.05) is 23.2 Å². The zero-order valence-corrected chi connectivity index (χ0v) is 18.4. The summed E-state index contributed by atoms with van der Waals surface area (Å²) in [6, 6.07) is 9.48. The van der Waals surface area contributed by atoms with Crippen molar-refractivity contribution in [3.63, 3.8) is 0 Å². The Balaban J connectivity index is 1.65. The summed E-state index contributed by atoms with van der Waals surface area (Å²) < 4.78 is 5.57. The molecular formula is C21H17Cl2N3O3S. The van der Waals surface area contributed by atoms with Gasteiger partial charge in [-0.05, 0) is 50.2 Å². The highest BCUT2D eigenvalue weighted by Gasteiger charge is 2.33. The molecule has 0 fully saturated rings. The number of hydrogen-bond acceptors (Lipinski definition) is 5. The quantitative estimate of drug-likeness (QED) is 0.580. The van der Waals surface area contributed by atoms with Crippen molar-refractivity contribution in [3.05, 3.63) is 56.8 Å². The molecular weight excluding hydrogens is 445 g/mol. The molecule has 1 aliphatic rings. The van der Waals surface area contributed by atoms with Crippen LogP contribution in [0.3, 0.4) is 0 Å². The van der Waals surface area contributed by atoms with E-state index in [0.717, 1.165) is 16.3 Å². The lowest BCUT2D eigenvalue weighted by Gasteiger charge is -2.33. The summed E-state index contributed by atoms with van der Waals surface area (Å²) in [5.74, 6) is -0.138. The van der Waals surface area contributed by atoms with Crippen molar-refractivity contribution < 1.29 is 14.3 Å². The van der Waals surface area contributed by atoms with Gasteiger partial charge in [0.05, 0.1) is 16.4 Å². The van der Waals surface area contributed by atoms with Crippen molar-refractivity contribution in [2.24, 2.45) is 0 Å². The minimum atomic E-state index is -0.787. The van der Waals surface area contributed by atoms with E-state index >= 15 is 0 Å². The van der Waals surface area contributed by atoms with E-state index in [9.17, 15) is 9.59 Å². The Labute approximate surface area is 187 Å². The summed E-state index contributed by atoms with van der Waals surface area (Å²) >= 11 is 13.6. The molecule has 1 atom stereocenters. The Hall–Kier alpha value is -2.61. The molecule has 0 spiro atoms. The highest BCUT2D eigenvalue weighted by molar-refractivity contribution is 7.09. The molecule has 1 N–H and O–H groups in total. The first-order chi connectivity index (χ1) is 14.3. The number of ether oxygens (including phenoxy) is 1. The number of nitrogens with one attached hydrogen (secondary N) is 1. The van der Waals surface area contributed by atoms with E-state index in [1.54, 1.807) is 42.5 Å². The fourth-order valence-electron chi connectivity index (χ4n) is 3.24. The molecule has 0 bridgehead atoms. The Kier molecular flexibility index (Phi) is 5.69. The summed E-state index contributed by atoms with van der Waals surface area (Å²) in [6.45, 7) is 3.46. The van der Waals surface area contributed by atoms with Crippen LogP contribution in [0, 0.1) is 6.92 Å². The molecule has 0 saturated heterocycles. The zero-order chi connectivity index (χ0) is 21.4. The molecule has 154 valence electrons. The number of hydrogen-bond donors (Lipinski definition) is 1. The second-order valence-corrected chi connectivity index (χ2v) is 8.75. The summed E-state index contributed by atoms with van der Waals surface area (Å²) in [5.41, 5.74) is 2.64. The lowest BCUT2D eigenvalue weighted by molar-refractivity contribution is -0.125. The summed E-state index contributed by atoms with van der Waals surface area (Å²) in [4.78, 5) is 31.5. The summed E-state index contributed by atoms with van der Waals surface area (Å²) in [5, 5.41) is 6.47. The Morgan fingerprint density at radius 1 is 1.23 bits per heavy atom. The molecule has 0 aliphatic carbocycles. The molecule has 1 aliphatic heterocycles. The molecule has 4 rings (SSSR count). The number of carbonyl (C=O) groups is 2. The first kappa shape index (κ1) is 20.7. The molecule has 0 radical (unpaired) electrons. The number of benzene rings is 2. The largest absolute Gasteiger partial charge is 0.482 e. The van der Waals surface area contributed by atoms with E-state index < -0.39 is 6.04 Å². The number of rotatable bonds is 4. The minimum absolute atomic E-state index is 0.136. The number of aryl methyl sites for hydroxylation is 1. The highest BCUT2D eigenvalue weighted by atomic mass is 35.5. The van der Waals surface area contributed by atoms with Crippen molar-refractivity contribution in [2.75, 3.05) is 16.8 Å². The third-order valence-corrected chi connectivity index (χ3v) is 5.86. The van der Waals surface area contributed by atoms with Crippen LogP contribution >= 0.6 is 34.5 Å². The van der Waals surface area contributed by atoms with Crippen LogP contribution in [0.25, 0.3) is 11.3 Å². The average molecular weight is 462 g/mol. The van der Waals surface area contributed by atoms with Gasteiger partial charge in [-0.15, -0.1) is 11.3 Å². The molecule has 3 aromatic rings. The third kappa shape index (κ3) is 4.14. The molecule has 9 heteroatoms. The number of anilines is 2. The maximum Gasteiger partial charge on any atom is 0.265 e. The van der Waals surface area contributed by atoms with E-state index in [2.05, 4.69) is 10.3 Å². The van der Waals surface area contributed by atoms with Gasteiger partial charge in [-0.25, -0.2) is 4.98 Å². The van der Waals surface area contributed by atoms with Crippen LogP contribution in [-0.4, -0.2) is 29.4 Å². The lowest BCUT2D eigenvalue weighted by atomic mass is 10.1. The standard InChI is InChI=1S/C21H17Cl2N3O3S/c1-11(21(28)25-16-7-14(22)6-15(23)8-16)26-18-5-13(17-10-30-12(2)24-17)3-4-19(18)29-9-20(26)27/h3-8,10-11H,9H2,1-2H3,(H,25,28). The maximum absolute atomic E-state index is 12.9. The van der Waals surface area contributed by atoms with Gasteiger partial charge in [-0.2, -0.15) is 0 Å². The SMILES string of the molecule is Cc1nc(-c2ccc3c(c2)N(C(C)C(=O)Nc2cc(Cl)cc(Cl)c2)C(=O)CO3)cs1. The number of nitrogens with zero attached hydrogens (tertiary/aromatic N) is 2. The van der Waals surface area contributed by atoms with Gasteiger partial charge in [0.25, 0.3) is 5.91 Å². The van der Waals surface area contributed by atoms with E-state index in [1.165, 1.54) is 4.90 Å². The second kappa shape index (κ2) is 8.26. The number of carbonyl (C=O) groups excluding carboxylic acids is 2. The molecule has 0 saturated carbocycles. The lowest BCUT2D eigenvalue weighted by Crippen LogP contribution is -2.49. The zero-order valence-electron chi connectivity index (χ0n) is 16.1. The van der Waals surface area contributed by atoms with Crippen LogP contribution < -0.4 is 15.0 Å². The van der Waals surface area contributed by atoms with Gasteiger partial charge in [0.1, 0.15) is 11.8 Å². The molecule has 1 unspecified atom stereocenters. The molecule has 30 heavy (non-hydrogen) atoms. The smallest absolute Gasteiger partial charge is 0.265 e. The summed E-state index contributed by atoms with van der Waals surface area (Å²) in [6.07, 6.45) is 0. The topological polar surface area (TPSA) is 71.5 Å². The van der Waals surface area contributed by atoms with Crippen LogP contribution in [0.15, 0.2) is 41.8 Å². The second-order valence-electron chi connectivity index (χ2n) is 6.81. The number of fused-ring (bicyclic) bond motifs is 1. The van der Waals surface area contributed by atoms with Crippen LogP contribution in [-0.2, 0) is 9.59 Å². The monoisotopic (exact) mass is 461 g/mol. The summed E-state index contributed by atoms with van der Waals surface area (Å²) in [7, 11) is 0. The molecule has 2 aromatic carbocycles. The average Bonchev–Trinajstić information content (AvgIpc) is 3.12. The number of amides is 2. The Morgan fingerprint density at radius 3 is 2.63 bits per heavy atom.